The Hall–Kier alpha value is -1.10. The maximum Gasteiger partial charge on any atom is 0.149 e. The van der Waals surface area contributed by atoms with Gasteiger partial charge < -0.3 is 19.1 Å². The fourth-order valence-electron chi connectivity index (χ4n) is 1.42. The van der Waals surface area contributed by atoms with E-state index >= 15 is 0 Å². The molecule has 0 aliphatic heterocycles. The van der Waals surface area contributed by atoms with E-state index in [0.29, 0.717) is 11.2 Å². The van der Waals surface area contributed by atoms with Gasteiger partial charge in [0.2, 0.25) is 0 Å². The van der Waals surface area contributed by atoms with Crippen LogP contribution in [0.4, 0.5) is 5.69 Å². The predicted octanol–water partition coefficient (Wildman–Crippen LogP) is 2.50. The van der Waals surface area contributed by atoms with Crippen LogP contribution in [0.5, 0.6) is 17.2 Å². The Kier molecular flexibility index (Phi) is 4.73. The first kappa shape index (κ1) is 13.0. The second-order valence-corrected chi connectivity index (χ2v) is 3.70. The lowest BCUT2D eigenvalue weighted by molar-refractivity contribution is 0.376. The van der Waals surface area contributed by atoms with Crippen molar-refractivity contribution in [1.82, 2.24) is 0 Å². The Morgan fingerprint density at radius 2 is 1.56 bits per heavy atom. The molecule has 0 fully saturated rings. The Balaban J connectivity index is 3.31. The SMILES string of the molecule is COc1cc(OC)c(N(C)CBr)c(OC)c1. The highest BCUT2D eigenvalue weighted by atomic mass is 79.9. The molecule has 90 valence electrons. The van der Waals surface area contributed by atoms with Crippen molar-refractivity contribution < 1.29 is 14.2 Å². The third kappa shape index (κ3) is 2.52. The van der Waals surface area contributed by atoms with Gasteiger partial charge in [-0.25, -0.2) is 0 Å². The van der Waals surface area contributed by atoms with Gasteiger partial charge in [-0.15, -0.1) is 0 Å². The normalized spacial score (nSPS) is 9.81. The highest BCUT2D eigenvalue weighted by molar-refractivity contribution is 9.09. The largest absolute Gasteiger partial charge is 0.496 e. The number of anilines is 1. The van der Waals surface area contributed by atoms with Crippen molar-refractivity contribution in [3.8, 4) is 17.2 Å². The number of nitrogens with zero attached hydrogens (tertiary/aromatic N) is 1. The van der Waals surface area contributed by atoms with Gasteiger partial charge in [0, 0.05) is 19.2 Å². The van der Waals surface area contributed by atoms with Crippen LogP contribution in [0.3, 0.4) is 0 Å². The molecule has 0 atom stereocenters. The first-order chi connectivity index (χ1) is 7.67. The molecule has 5 heteroatoms. The van der Waals surface area contributed by atoms with Gasteiger partial charge >= 0.3 is 0 Å². The summed E-state index contributed by atoms with van der Waals surface area (Å²) in [6, 6.07) is 3.66. The molecule has 0 aliphatic rings. The van der Waals surface area contributed by atoms with Crippen molar-refractivity contribution in [3.63, 3.8) is 0 Å². The molecule has 0 amide bonds. The molecule has 1 aromatic carbocycles. The van der Waals surface area contributed by atoms with Crippen LogP contribution >= 0.6 is 15.9 Å². The number of rotatable bonds is 5. The number of halogens is 1. The minimum absolute atomic E-state index is 0.687. The molecule has 0 saturated heterocycles. The van der Waals surface area contributed by atoms with E-state index in [2.05, 4.69) is 15.9 Å². The maximum atomic E-state index is 5.33. The lowest BCUT2D eigenvalue weighted by atomic mass is 10.2. The highest BCUT2D eigenvalue weighted by Crippen LogP contribution is 2.41. The first-order valence-electron chi connectivity index (χ1n) is 4.75. The molecule has 0 spiro atoms. The maximum absolute atomic E-state index is 5.33. The molecule has 1 aromatic rings. The van der Waals surface area contributed by atoms with Crippen LogP contribution < -0.4 is 19.1 Å². The highest BCUT2D eigenvalue weighted by Gasteiger charge is 2.16. The zero-order valence-corrected chi connectivity index (χ0v) is 11.5. The molecule has 0 aromatic heterocycles. The van der Waals surface area contributed by atoms with Crippen molar-refractivity contribution in [2.45, 2.75) is 0 Å². The van der Waals surface area contributed by atoms with Crippen molar-refractivity contribution in [2.75, 3.05) is 38.7 Å². The Bertz CT molecular complexity index is 332. The van der Waals surface area contributed by atoms with Crippen LogP contribution in [0.15, 0.2) is 12.1 Å². The second kappa shape index (κ2) is 5.84. The van der Waals surface area contributed by atoms with E-state index < -0.39 is 0 Å². The summed E-state index contributed by atoms with van der Waals surface area (Å²) in [5, 5.41) is 0. The van der Waals surface area contributed by atoms with Crippen LogP contribution in [-0.4, -0.2) is 33.8 Å². The molecule has 0 unspecified atom stereocenters. The summed E-state index contributed by atoms with van der Waals surface area (Å²) in [6.45, 7) is 0. The van der Waals surface area contributed by atoms with E-state index in [1.54, 1.807) is 21.3 Å². The second-order valence-electron chi connectivity index (χ2n) is 3.20. The van der Waals surface area contributed by atoms with Gasteiger partial charge in [-0.3, -0.25) is 0 Å². The van der Waals surface area contributed by atoms with E-state index in [1.165, 1.54) is 0 Å². The molecule has 1 rings (SSSR count). The molecule has 4 nitrogen and oxygen atoms in total. The molecule has 16 heavy (non-hydrogen) atoms. The predicted molar refractivity (Wildman–Crippen MR) is 68.3 cm³/mol. The van der Waals surface area contributed by atoms with Gasteiger partial charge in [-0.05, 0) is 0 Å². The molecule has 0 N–H and O–H groups in total. The summed E-state index contributed by atoms with van der Waals surface area (Å²) in [5.74, 6) is 2.15. The average molecular weight is 290 g/mol. The topological polar surface area (TPSA) is 30.9 Å². The van der Waals surface area contributed by atoms with Gasteiger partial charge in [0.1, 0.15) is 22.9 Å². The van der Waals surface area contributed by atoms with E-state index in [1.807, 2.05) is 24.1 Å². The number of hydrogen-bond acceptors (Lipinski definition) is 4. The summed E-state index contributed by atoms with van der Waals surface area (Å²) in [6.07, 6.45) is 0. The molecular formula is C11H16BrNO3. The molecule has 0 bridgehead atoms. The van der Waals surface area contributed by atoms with E-state index in [9.17, 15) is 0 Å². The molecule has 0 heterocycles. The average Bonchev–Trinajstić information content (AvgIpc) is 2.35. The van der Waals surface area contributed by atoms with Gasteiger partial charge in [0.25, 0.3) is 0 Å². The van der Waals surface area contributed by atoms with Gasteiger partial charge in [0.15, 0.2) is 0 Å². The fraction of sp³-hybridized carbons (Fsp3) is 0.455. The Morgan fingerprint density at radius 3 is 1.88 bits per heavy atom. The quantitative estimate of drug-likeness (QED) is 0.616. The van der Waals surface area contributed by atoms with Crippen molar-refractivity contribution in [1.29, 1.82) is 0 Å². The van der Waals surface area contributed by atoms with Gasteiger partial charge in [0.05, 0.1) is 26.8 Å². The lowest BCUT2D eigenvalue weighted by Crippen LogP contribution is -2.16. The van der Waals surface area contributed by atoms with E-state index in [4.69, 9.17) is 14.2 Å². The summed E-state index contributed by atoms with van der Waals surface area (Å²) in [5.41, 5.74) is 1.58. The number of benzene rings is 1. The lowest BCUT2D eigenvalue weighted by Gasteiger charge is -2.22. The van der Waals surface area contributed by atoms with E-state index in [0.717, 1.165) is 17.2 Å². The van der Waals surface area contributed by atoms with Crippen molar-refractivity contribution in [2.24, 2.45) is 0 Å². The molecule has 0 saturated carbocycles. The van der Waals surface area contributed by atoms with Crippen molar-refractivity contribution >= 4 is 21.6 Å². The van der Waals surface area contributed by atoms with Crippen LogP contribution in [-0.2, 0) is 0 Å². The Labute approximate surface area is 104 Å². The smallest absolute Gasteiger partial charge is 0.149 e. The minimum Gasteiger partial charge on any atom is -0.496 e. The van der Waals surface area contributed by atoms with Gasteiger partial charge in [-0.2, -0.15) is 0 Å². The number of methoxy groups -OCH3 is 3. The first-order valence-corrected chi connectivity index (χ1v) is 5.87. The third-order valence-corrected chi connectivity index (χ3v) is 3.00. The Morgan fingerprint density at radius 1 is 1.06 bits per heavy atom. The van der Waals surface area contributed by atoms with Gasteiger partial charge in [-0.1, -0.05) is 15.9 Å². The summed E-state index contributed by atoms with van der Waals surface area (Å²) in [7, 11) is 6.81. The minimum atomic E-state index is 0.687. The summed E-state index contributed by atoms with van der Waals surface area (Å²) < 4.78 is 15.8. The molecule has 0 radical (unpaired) electrons. The van der Waals surface area contributed by atoms with Crippen LogP contribution in [0, 0.1) is 0 Å². The number of ether oxygens (including phenoxy) is 3. The monoisotopic (exact) mass is 289 g/mol. The van der Waals surface area contributed by atoms with Crippen LogP contribution in [0.1, 0.15) is 0 Å². The number of hydrogen-bond donors (Lipinski definition) is 0. The summed E-state index contributed by atoms with van der Waals surface area (Å²) in [4.78, 5) is 1.98. The van der Waals surface area contributed by atoms with Crippen LogP contribution in [0.2, 0.25) is 0 Å². The standard InChI is InChI=1S/C11H16BrNO3/c1-13(7-12)11-9(15-3)5-8(14-2)6-10(11)16-4/h5-6H,7H2,1-4H3. The number of alkyl halides is 1. The van der Waals surface area contributed by atoms with Crippen LogP contribution in [0.25, 0.3) is 0 Å². The summed E-state index contributed by atoms with van der Waals surface area (Å²) >= 11 is 3.40. The molecule has 0 aliphatic carbocycles. The third-order valence-electron chi connectivity index (χ3n) is 2.25. The fourth-order valence-corrected chi connectivity index (χ4v) is 1.67. The zero-order chi connectivity index (χ0) is 12.1. The van der Waals surface area contributed by atoms with Crippen molar-refractivity contribution in [3.05, 3.63) is 12.1 Å². The molecular weight excluding hydrogens is 274 g/mol. The van der Waals surface area contributed by atoms with E-state index in [-0.39, 0.29) is 0 Å². The zero-order valence-electron chi connectivity index (χ0n) is 9.91.